The third kappa shape index (κ3) is 3.04. The van der Waals surface area contributed by atoms with Crippen LogP contribution in [0.15, 0.2) is 44.4 Å². The molecule has 0 radical (unpaired) electrons. The summed E-state index contributed by atoms with van der Waals surface area (Å²) in [5, 5.41) is 0. The van der Waals surface area contributed by atoms with Crippen molar-refractivity contribution in [3.63, 3.8) is 0 Å². The average molecular weight is 349 g/mol. The summed E-state index contributed by atoms with van der Waals surface area (Å²) in [5.41, 5.74) is 0. The van der Waals surface area contributed by atoms with Crippen LogP contribution in [-0.2, 0) is 10.1 Å². The number of hydrogen-bond acceptors (Lipinski definition) is 5. The topological polar surface area (TPSA) is 52.6 Å². The van der Waals surface area contributed by atoms with Gasteiger partial charge in [0, 0.05) is 0 Å². The monoisotopic (exact) mass is 348 g/mol. The summed E-state index contributed by atoms with van der Waals surface area (Å²) < 4.78 is 34.7. The van der Waals surface area contributed by atoms with E-state index in [0.717, 1.165) is 15.1 Å². The number of rotatable bonds is 4. The molecule has 0 saturated carbocycles. The molecule has 18 heavy (non-hydrogen) atoms. The van der Waals surface area contributed by atoms with Crippen LogP contribution in [0.1, 0.15) is 0 Å². The van der Waals surface area contributed by atoms with Crippen LogP contribution in [0.4, 0.5) is 0 Å². The van der Waals surface area contributed by atoms with E-state index in [1.807, 2.05) is 0 Å². The minimum absolute atomic E-state index is 0.158. The quantitative estimate of drug-likeness (QED) is 0.795. The standard InChI is InChI=1S/C11H9BrO4S2/c1-15-8-2-4-9(5-3-8)16-18(13,14)11-7-6-10(12)17-11/h2-7H,1H3. The summed E-state index contributed by atoms with van der Waals surface area (Å²) in [6, 6.07) is 9.50. The molecule has 0 unspecified atom stereocenters. The summed E-state index contributed by atoms with van der Waals surface area (Å²) >= 11 is 4.31. The Labute approximate surface area is 117 Å². The van der Waals surface area contributed by atoms with E-state index in [9.17, 15) is 8.42 Å². The van der Waals surface area contributed by atoms with Gasteiger partial charge in [-0.15, -0.1) is 11.3 Å². The van der Waals surface area contributed by atoms with E-state index in [1.54, 1.807) is 30.3 Å². The second kappa shape index (κ2) is 5.29. The molecule has 0 aliphatic rings. The number of thiophene rings is 1. The maximum absolute atomic E-state index is 11.9. The molecule has 0 N–H and O–H groups in total. The highest BCUT2D eigenvalue weighted by Gasteiger charge is 2.18. The molecule has 0 aliphatic carbocycles. The van der Waals surface area contributed by atoms with Crippen molar-refractivity contribution in [2.45, 2.75) is 4.21 Å². The number of halogens is 1. The molecule has 2 aromatic rings. The molecule has 0 fully saturated rings. The van der Waals surface area contributed by atoms with Crippen molar-refractivity contribution >= 4 is 37.4 Å². The van der Waals surface area contributed by atoms with E-state index in [-0.39, 0.29) is 9.96 Å². The van der Waals surface area contributed by atoms with Gasteiger partial charge in [0.2, 0.25) is 0 Å². The first-order valence-electron chi connectivity index (χ1n) is 4.85. The van der Waals surface area contributed by atoms with Gasteiger partial charge >= 0.3 is 10.1 Å². The van der Waals surface area contributed by atoms with E-state index in [0.29, 0.717) is 5.75 Å². The lowest BCUT2D eigenvalue weighted by atomic mass is 10.3. The van der Waals surface area contributed by atoms with Gasteiger partial charge in [-0.05, 0) is 52.3 Å². The van der Waals surface area contributed by atoms with E-state index < -0.39 is 10.1 Å². The van der Waals surface area contributed by atoms with Gasteiger partial charge in [0.15, 0.2) is 4.21 Å². The highest BCUT2D eigenvalue weighted by atomic mass is 79.9. The predicted molar refractivity (Wildman–Crippen MR) is 72.8 cm³/mol. The Bertz CT molecular complexity index is 631. The summed E-state index contributed by atoms with van der Waals surface area (Å²) in [5.74, 6) is 0.888. The lowest BCUT2D eigenvalue weighted by Crippen LogP contribution is -2.07. The Morgan fingerprint density at radius 3 is 2.17 bits per heavy atom. The normalized spacial score (nSPS) is 11.2. The first kappa shape index (κ1) is 13.4. The largest absolute Gasteiger partial charge is 0.497 e. The average Bonchev–Trinajstić information content (AvgIpc) is 2.77. The Morgan fingerprint density at radius 1 is 1.06 bits per heavy atom. The van der Waals surface area contributed by atoms with Crippen molar-refractivity contribution in [3.05, 3.63) is 40.2 Å². The SMILES string of the molecule is COc1ccc(OS(=O)(=O)c2ccc(Br)s2)cc1. The summed E-state index contributed by atoms with van der Waals surface area (Å²) in [6.45, 7) is 0. The lowest BCUT2D eigenvalue weighted by molar-refractivity contribution is 0.413. The van der Waals surface area contributed by atoms with Crippen LogP contribution in [0.2, 0.25) is 0 Å². The van der Waals surface area contributed by atoms with Gasteiger partial charge in [-0.25, -0.2) is 0 Å². The Hall–Kier alpha value is -1.05. The van der Waals surface area contributed by atoms with Gasteiger partial charge in [0.25, 0.3) is 0 Å². The molecule has 96 valence electrons. The first-order chi connectivity index (χ1) is 8.51. The second-order valence-corrected chi connectivity index (χ2v) is 7.51. The fourth-order valence-corrected chi connectivity index (χ4v) is 4.13. The Balaban J connectivity index is 2.22. The number of hydrogen-bond donors (Lipinski definition) is 0. The molecular weight excluding hydrogens is 340 g/mol. The molecule has 1 aromatic carbocycles. The molecule has 1 aromatic heterocycles. The zero-order chi connectivity index (χ0) is 13.2. The van der Waals surface area contributed by atoms with Gasteiger partial charge in [0.05, 0.1) is 10.9 Å². The van der Waals surface area contributed by atoms with Crippen LogP contribution in [-0.4, -0.2) is 15.5 Å². The van der Waals surface area contributed by atoms with Crippen LogP contribution < -0.4 is 8.92 Å². The molecule has 0 atom stereocenters. The molecule has 4 nitrogen and oxygen atoms in total. The van der Waals surface area contributed by atoms with Crippen LogP contribution in [0.25, 0.3) is 0 Å². The molecule has 0 bridgehead atoms. The number of benzene rings is 1. The molecule has 0 spiro atoms. The van der Waals surface area contributed by atoms with Gasteiger partial charge in [-0.1, -0.05) is 0 Å². The molecular formula is C11H9BrO4S2. The fourth-order valence-electron chi connectivity index (χ4n) is 1.23. The summed E-state index contributed by atoms with van der Waals surface area (Å²) in [6.07, 6.45) is 0. The smallest absolute Gasteiger partial charge is 0.348 e. The van der Waals surface area contributed by atoms with Crippen molar-refractivity contribution < 1.29 is 17.3 Å². The summed E-state index contributed by atoms with van der Waals surface area (Å²) in [7, 11) is -2.23. The van der Waals surface area contributed by atoms with E-state index >= 15 is 0 Å². The van der Waals surface area contributed by atoms with Gasteiger partial charge in [0.1, 0.15) is 11.5 Å². The van der Waals surface area contributed by atoms with Crippen molar-refractivity contribution in [2.24, 2.45) is 0 Å². The third-order valence-electron chi connectivity index (χ3n) is 2.06. The molecule has 7 heteroatoms. The van der Waals surface area contributed by atoms with Gasteiger partial charge in [-0.2, -0.15) is 8.42 Å². The fraction of sp³-hybridized carbons (Fsp3) is 0.0909. The first-order valence-corrected chi connectivity index (χ1v) is 7.87. The van der Waals surface area contributed by atoms with E-state index in [2.05, 4.69) is 15.9 Å². The van der Waals surface area contributed by atoms with Crippen molar-refractivity contribution in [2.75, 3.05) is 7.11 Å². The highest BCUT2D eigenvalue weighted by molar-refractivity contribution is 9.11. The second-order valence-electron chi connectivity index (χ2n) is 3.27. The third-order valence-corrected chi connectivity index (χ3v) is 5.38. The van der Waals surface area contributed by atoms with Crippen LogP contribution in [0, 0.1) is 0 Å². The zero-order valence-electron chi connectivity index (χ0n) is 9.29. The van der Waals surface area contributed by atoms with Crippen LogP contribution in [0.3, 0.4) is 0 Å². The summed E-state index contributed by atoms with van der Waals surface area (Å²) in [4.78, 5) is 0. The minimum Gasteiger partial charge on any atom is -0.497 e. The highest BCUT2D eigenvalue weighted by Crippen LogP contribution is 2.28. The van der Waals surface area contributed by atoms with Crippen molar-refractivity contribution in [1.82, 2.24) is 0 Å². The minimum atomic E-state index is -3.76. The van der Waals surface area contributed by atoms with Crippen molar-refractivity contribution in [1.29, 1.82) is 0 Å². The zero-order valence-corrected chi connectivity index (χ0v) is 12.5. The van der Waals surface area contributed by atoms with Gasteiger partial charge in [-0.3, -0.25) is 0 Å². The maximum Gasteiger partial charge on any atom is 0.348 e. The predicted octanol–water partition coefficient (Wildman–Crippen LogP) is 3.29. The lowest BCUT2D eigenvalue weighted by Gasteiger charge is -2.05. The molecule has 2 rings (SSSR count). The molecule has 0 saturated heterocycles. The Kier molecular flexibility index (Phi) is 3.94. The van der Waals surface area contributed by atoms with E-state index in [1.165, 1.54) is 13.2 Å². The number of ether oxygens (including phenoxy) is 1. The van der Waals surface area contributed by atoms with Crippen molar-refractivity contribution in [3.8, 4) is 11.5 Å². The number of methoxy groups -OCH3 is 1. The van der Waals surface area contributed by atoms with Crippen LogP contribution in [0.5, 0.6) is 11.5 Å². The molecule has 0 aliphatic heterocycles. The van der Waals surface area contributed by atoms with Crippen LogP contribution >= 0.6 is 27.3 Å². The molecule has 0 amide bonds. The Morgan fingerprint density at radius 2 is 1.67 bits per heavy atom. The maximum atomic E-state index is 11.9. The molecule has 1 heterocycles. The van der Waals surface area contributed by atoms with Gasteiger partial charge < -0.3 is 8.92 Å². The van der Waals surface area contributed by atoms with E-state index in [4.69, 9.17) is 8.92 Å².